The van der Waals surface area contributed by atoms with Crippen LogP contribution < -0.4 is 5.32 Å². The zero-order valence-electron chi connectivity index (χ0n) is 10.7. The fourth-order valence-electron chi connectivity index (χ4n) is 2.61. The van der Waals surface area contributed by atoms with Crippen molar-refractivity contribution in [3.63, 3.8) is 0 Å². The highest BCUT2D eigenvalue weighted by Gasteiger charge is 2.31. The van der Waals surface area contributed by atoms with E-state index in [-0.39, 0.29) is 11.7 Å². The van der Waals surface area contributed by atoms with Crippen LogP contribution in [0.2, 0.25) is 0 Å². The largest absolute Gasteiger partial charge is 0.378 e. The second kappa shape index (κ2) is 5.52. The van der Waals surface area contributed by atoms with Gasteiger partial charge in [0.1, 0.15) is 17.3 Å². The predicted octanol–water partition coefficient (Wildman–Crippen LogP) is 5.09. The van der Waals surface area contributed by atoms with E-state index < -0.39 is 11.6 Å². The van der Waals surface area contributed by atoms with Crippen LogP contribution in [0.5, 0.6) is 0 Å². The lowest BCUT2D eigenvalue weighted by Crippen LogP contribution is -2.34. The molecule has 20 heavy (non-hydrogen) atoms. The summed E-state index contributed by atoms with van der Waals surface area (Å²) in [6.45, 7) is 0. The van der Waals surface area contributed by atoms with Gasteiger partial charge in [0.05, 0.1) is 0 Å². The smallest absolute Gasteiger partial charge is 0.149 e. The Bertz CT molecular complexity index is 603. The van der Waals surface area contributed by atoms with E-state index in [4.69, 9.17) is 0 Å². The maximum absolute atomic E-state index is 13.5. The van der Waals surface area contributed by atoms with Crippen LogP contribution in [0.4, 0.5) is 14.5 Å². The Morgan fingerprint density at radius 1 is 1.00 bits per heavy atom. The van der Waals surface area contributed by atoms with Gasteiger partial charge in [0.25, 0.3) is 0 Å². The molecule has 104 valence electrons. The van der Waals surface area contributed by atoms with E-state index >= 15 is 0 Å². The van der Waals surface area contributed by atoms with Crippen molar-refractivity contribution in [2.45, 2.75) is 24.8 Å². The molecular weight excluding hydrogens is 324 g/mol. The van der Waals surface area contributed by atoms with Crippen LogP contribution in [0.1, 0.15) is 24.3 Å². The molecule has 0 atom stereocenters. The van der Waals surface area contributed by atoms with Crippen molar-refractivity contribution in [2.24, 2.45) is 0 Å². The van der Waals surface area contributed by atoms with Crippen molar-refractivity contribution < 1.29 is 8.78 Å². The van der Waals surface area contributed by atoms with Crippen molar-refractivity contribution in [2.75, 3.05) is 5.32 Å². The number of halogens is 3. The summed E-state index contributed by atoms with van der Waals surface area (Å²) in [4.78, 5) is 0. The molecule has 0 unspecified atom stereocenters. The van der Waals surface area contributed by atoms with Crippen LogP contribution in [-0.4, -0.2) is 6.04 Å². The van der Waals surface area contributed by atoms with E-state index in [9.17, 15) is 8.78 Å². The summed E-state index contributed by atoms with van der Waals surface area (Å²) in [5.74, 6) is -0.605. The molecule has 0 heterocycles. The first-order valence-electron chi connectivity index (χ1n) is 6.59. The molecule has 0 radical (unpaired) electrons. The molecule has 1 fully saturated rings. The number of para-hydroxylation sites is 1. The van der Waals surface area contributed by atoms with E-state index in [1.54, 1.807) is 0 Å². The number of rotatable bonds is 3. The molecule has 4 heteroatoms. The first kappa shape index (κ1) is 13.6. The molecule has 2 aromatic carbocycles. The summed E-state index contributed by atoms with van der Waals surface area (Å²) < 4.78 is 28.1. The minimum Gasteiger partial charge on any atom is -0.378 e. The SMILES string of the molecule is Fc1cccc(F)c1NC1CC(c2cccc(Br)c2)C1. The van der Waals surface area contributed by atoms with Gasteiger partial charge in [-0.05, 0) is 48.6 Å². The second-order valence-corrected chi connectivity index (χ2v) is 6.08. The van der Waals surface area contributed by atoms with E-state index in [0.717, 1.165) is 17.3 Å². The van der Waals surface area contributed by atoms with Crippen LogP contribution in [0, 0.1) is 11.6 Å². The topological polar surface area (TPSA) is 12.0 Å². The van der Waals surface area contributed by atoms with E-state index in [1.807, 2.05) is 12.1 Å². The highest BCUT2D eigenvalue weighted by Crippen LogP contribution is 2.39. The molecule has 1 aliphatic rings. The van der Waals surface area contributed by atoms with Crippen LogP contribution in [0.25, 0.3) is 0 Å². The zero-order chi connectivity index (χ0) is 14.1. The Kier molecular flexibility index (Phi) is 3.74. The summed E-state index contributed by atoms with van der Waals surface area (Å²) in [6, 6.07) is 12.3. The Hall–Kier alpha value is -1.42. The second-order valence-electron chi connectivity index (χ2n) is 5.16. The third-order valence-electron chi connectivity index (χ3n) is 3.77. The highest BCUT2D eigenvalue weighted by molar-refractivity contribution is 9.10. The van der Waals surface area contributed by atoms with Crippen molar-refractivity contribution in [1.29, 1.82) is 0 Å². The Morgan fingerprint density at radius 2 is 1.65 bits per heavy atom. The molecule has 0 aromatic heterocycles. The summed E-state index contributed by atoms with van der Waals surface area (Å²) in [5.41, 5.74) is 1.26. The molecule has 2 aromatic rings. The van der Waals surface area contributed by atoms with Gasteiger partial charge in [-0.3, -0.25) is 0 Å². The Morgan fingerprint density at radius 3 is 2.30 bits per heavy atom. The Balaban J connectivity index is 1.64. The van der Waals surface area contributed by atoms with Crippen LogP contribution >= 0.6 is 15.9 Å². The fourth-order valence-corrected chi connectivity index (χ4v) is 3.03. The maximum atomic E-state index is 13.5. The lowest BCUT2D eigenvalue weighted by Gasteiger charge is -2.37. The van der Waals surface area contributed by atoms with Gasteiger partial charge in [-0.2, -0.15) is 0 Å². The third kappa shape index (κ3) is 2.70. The van der Waals surface area contributed by atoms with Gasteiger partial charge in [-0.15, -0.1) is 0 Å². The maximum Gasteiger partial charge on any atom is 0.149 e. The average Bonchev–Trinajstić information content (AvgIpc) is 2.36. The van der Waals surface area contributed by atoms with Crippen LogP contribution in [0.15, 0.2) is 46.9 Å². The predicted molar refractivity (Wildman–Crippen MR) is 79.9 cm³/mol. The number of nitrogens with one attached hydrogen (secondary N) is 1. The molecule has 1 saturated carbocycles. The first-order chi connectivity index (χ1) is 9.63. The van der Waals surface area contributed by atoms with Crippen LogP contribution in [0.3, 0.4) is 0 Å². The number of anilines is 1. The molecule has 0 aliphatic heterocycles. The first-order valence-corrected chi connectivity index (χ1v) is 7.39. The molecule has 1 N–H and O–H groups in total. The quantitative estimate of drug-likeness (QED) is 0.822. The minimum atomic E-state index is -0.532. The summed E-state index contributed by atoms with van der Waals surface area (Å²) in [7, 11) is 0. The fraction of sp³-hybridized carbons (Fsp3) is 0.250. The zero-order valence-corrected chi connectivity index (χ0v) is 12.3. The average molecular weight is 338 g/mol. The molecule has 3 rings (SSSR count). The van der Waals surface area contributed by atoms with Crippen LogP contribution in [-0.2, 0) is 0 Å². The number of benzene rings is 2. The lowest BCUT2D eigenvalue weighted by atomic mass is 9.76. The lowest BCUT2D eigenvalue weighted by molar-refractivity contribution is 0.371. The minimum absolute atomic E-state index is 0.00908. The molecule has 0 bridgehead atoms. The molecule has 0 spiro atoms. The summed E-state index contributed by atoms with van der Waals surface area (Å²) in [5, 5.41) is 2.97. The molecule has 0 saturated heterocycles. The third-order valence-corrected chi connectivity index (χ3v) is 4.26. The monoisotopic (exact) mass is 337 g/mol. The van der Waals surface area contributed by atoms with Crippen molar-refractivity contribution in [1.82, 2.24) is 0 Å². The van der Waals surface area contributed by atoms with Gasteiger partial charge in [0.2, 0.25) is 0 Å². The van der Waals surface area contributed by atoms with Crippen molar-refractivity contribution in [3.8, 4) is 0 Å². The van der Waals surface area contributed by atoms with Gasteiger partial charge in [-0.1, -0.05) is 34.1 Å². The highest BCUT2D eigenvalue weighted by atomic mass is 79.9. The van der Waals surface area contributed by atoms with Crippen molar-refractivity contribution in [3.05, 3.63) is 64.1 Å². The van der Waals surface area contributed by atoms with Gasteiger partial charge in [0, 0.05) is 10.5 Å². The summed E-state index contributed by atoms with van der Waals surface area (Å²) >= 11 is 3.46. The Labute approximate surface area is 125 Å². The summed E-state index contributed by atoms with van der Waals surface area (Å²) in [6.07, 6.45) is 1.79. The van der Waals surface area contributed by atoms with Gasteiger partial charge < -0.3 is 5.32 Å². The molecule has 1 nitrogen and oxygen atoms in total. The number of hydrogen-bond donors (Lipinski definition) is 1. The van der Waals surface area contributed by atoms with Crippen molar-refractivity contribution >= 4 is 21.6 Å². The normalized spacial score (nSPS) is 21.4. The van der Waals surface area contributed by atoms with Gasteiger partial charge in [-0.25, -0.2) is 8.78 Å². The van der Waals surface area contributed by atoms with E-state index in [2.05, 4.69) is 33.4 Å². The number of hydrogen-bond acceptors (Lipinski definition) is 1. The standard InChI is InChI=1S/C16H14BrF2N/c17-12-4-1-3-10(7-12)11-8-13(9-11)20-16-14(18)5-2-6-15(16)19/h1-7,11,13,20H,8-9H2. The molecule has 1 aliphatic carbocycles. The van der Waals surface area contributed by atoms with Gasteiger partial charge >= 0.3 is 0 Å². The molecular formula is C16H14BrF2N. The molecule has 0 amide bonds. The van der Waals surface area contributed by atoms with E-state index in [0.29, 0.717) is 5.92 Å². The van der Waals surface area contributed by atoms with Gasteiger partial charge in [0.15, 0.2) is 0 Å². The van der Waals surface area contributed by atoms with E-state index in [1.165, 1.54) is 23.8 Å².